The van der Waals surface area contributed by atoms with Gasteiger partial charge in [0.05, 0.1) is 17.0 Å². The van der Waals surface area contributed by atoms with Gasteiger partial charge in [-0.2, -0.15) is 0 Å². The first-order chi connectivity index (χ1) is 15.8. The van der Waals surface area contributed by atoms with Gasteiger partial charge in [-0.05, 0) is 50.0 Å². The molecule has 0 radical (unpaired) electrons. The highest BCUT2D eigenvalue weighted by Crippen LogP contribution is 2.32. The van der Waals surface area contributed by atoms with Crippen molar-refractivity contribution in [2.24, 2.45) is 4.99 Å². The zero-order chi connectivity index (χ0) is 23.5. The molecule has 0 fully saturated rings. The van der Waals surface area contributed by atoms with Crippen LogP contribution in [0.15, 0.2) is 77.8 Å². The Hall–Kier alpha value is -3.90. The first-order valence-corrected chi connectivity index (χ1v) is 10.8. The van der Waals surface area contributed by atoms with Gasteiger partial charge in [-0.25, -0.2) is 4.99 Å². The van der Waals surface area contributed by atoms with Crippen molar-refractivity contribution in [2.45, 2.75) is 6.54 Å². The summed E-state index contributed by atoms with van der Waals surface area (Å²) in [7, 11) is 7.51. The van der Waals surface area contributed by atoms with E-state index in [1.165, 1.54) is 10.5 Å². The molecule has 1 amide bonds. The first kappa shape index (κ1) is 22.3. The van der Waals surface area contributed by atoms with Crippen LogP contribution in [0.2, 0.25) is 0 Å². The predicted octanol–water partition coefficient (Wildman–Crippen LogP) is 4.81. The Balaban J connectivity index is 1.88. The van der Waals surface area contributed by atoms with Crippen molar-refractivity contribution >= 4 is 28.2 Å². The number of rotatable bonds is 6. The molecule has 0 unspecified atom stereocenters. The number of carbonyl (C=O) groups excluding carboxylic acids is 1. The van der Waals surface area contributed by atoms with Crippen LogP contribution < -0.4 is 0 Å². The lowest BCUT2D eigenvalue weighted by Crippen LogP contribution is -2.21. The third-order valence-corrected chi connectivity index (χ3v) is 5.39. The second-order valence-electron chi connectivity index (χ2n) is 8.54. The summed E-state index contributed by atoms with van der Waals surface area (Å²) in [6.45, 7) is 0.849. The zero-order valence-corrected chi connectivity index (χ0v) is 19.3. The van der Waals surface area contributed by atoms with E-state index in [1.807, 2.05) is 68.7 Å². The van der Waals surface area contributed by atoms with Crippen molar-refractivity contribution in [3.05, 3.63) is 95.1 Å². The van der Waals surface area contributed by atoms with Crippen molar-refractivity contribution in [3.8, 4) is 5.88 Å². The lowest BCUT2D eigenvalue weighted by Gasteiger charge is -2.12. The van der Waals surface area contributed by atoms with Gasteiger partial charge in [0.1, 0.15) is 0 Å². The summed E-state index contributed by atoms with van der Waals surface area (Å²) >= 11 is 0. The predicted molar refractivity (Wildman–Crippen MR) is 134 cm³/mol. The average molecular weight is 441 g/mol. The highest BCUT2D eigenvalue weighted by Gasteiger charge is 2.20. The molecule has 1 heterocycles. The van der Waals surface area contributed by atoms with Crippen molar-refractivity contribution in [3.63, 3.8) is 0 Å². The minimum atomic E-state index is -0.0989. The van der Waals surface area contributed by atoms with Crippen molar-refractivity contribution in [1.82, 2.24) is 14.8 Å². The van der Waals surface area contributed by atoms with Crippen LogP contribution in [0.3, 0.4) is 0 Å². The van der Waals surface area contributed by atoms with E-state index in [0.717, 1.165) is 28.7 Å². The number of aromatic amines is 1. The zero-order valence-electron chi connectivity index (χ0n) is 19.3. The topological polar surface area (TPSA) is 71.9 Å². The molecule has 0 bridgehead atoms. The molecule has 4 aromatic rings. The monoisotopic (exact) mass is 440 g/mol. The number of nitrogens with zero attached hydrogens (tertiary/aromatic N) is 3. The van der Waals surface area contributed by atoms with Gasteiger partial charge in [0.2, 0.25) is 0 Å². The summed E-state index contributed by atoms with van der Waals surface area (Å²) in [5.74, 6) is -0.0792. The summed E-state index contributed by atoms with van der Waals surface area (Å²) in [6, 6.07) is 23.2. The molecule has 3 aromatic carbocycles. The van der Waals surface area contributed by atoms with Crippen LogP contribution in [0.25, 0.3) is 10.9 Å². The van der Waals surface area contributed by atoms with E-state index in [9.17, 15) is 9.90 Å². The Morgan fingerprint density at radius 1 is 0.909 bits per heavy atom. The fourth-order valence-corrected chi connectivity index (χ4v) is 3.84. The molecule has 0 aliphatic carbocycles. The van der Waals surface area contributed by atoms with Gasteiger partial charge in [-0.1, -0.05) is 42.5 Å². The SMILES string of the molecule is CN(C)Cc1ccc(N=C(c2ccccc2)c2c(O)[nH]c3ccc(C(=O)N(C)C)cc23)cc1. The molecule has 6 heteroatoms. The molecule has 0 aliphatic heterocycles. The molecular weight excluding hydrogens is 412 g/mol. The van der Waals surface area contributed by atoms with Crippen molar-refractivity contribution < 1.29 is 9.90 Å². The Kier molecular flexibility index (Phi) is 6.29. The van der Waals surface area contributed by atoms with Gasteiger partial charge < -0.3 is 19.9 Å². The Bertz CT molecular complexity index is 1300. The van der Waals surface area contributed by atoms with Crippen LogP contribution in [-0.4, -0.2) is 59.7 Å². The summed E-state index contributed by atoms with van der Waals surface area (Å²) in [5, 5.41) is 11.6. The third kappa shape index (κ3) is 4.81. The molecular formula is C27H28N4O2. The standard InChI is InChI=1S/C27H28N4O2/c1-30(2)17-18-10-13-21(14-11-18)28-25(19-8-6-5-7-9-19)24-22-16-20(27(33)31(3)4)12-15-23(22)29-26(24)32/h5-16,29,32H,17H2,1-4H3. The normalized spacial score (nSPS) is 11.8. The van der Waals surface area contributed by atoms with Crippen molar-refractivity contribution in [1.29, 1.82) is 0 Å². The number of fused-ring (bicyclic) bond motifs is 1. The van der Waals surface area contributed by atoms with Gasteiger partial charge in [0.25, 0.3) is 5.91 Å². The molecule has 4 rings (SSSR count). The highest BCUT2D eigenvalue weighted by atomic mass is 16.3. The van der Waals surface area contributed by atoms with E-state index >= 15 is 0 Å². The summed E-state index contributed by atoms with van der Waals surface area (Å²) in [5.41, 5.74) is 5.34. The maximum absolute atomic E-state index is 12.6. The third-order valence-electron chi connectivity index (χ3n) is 5.39. The Labute approximate surface area is 193 Å². The first-order valence-electron chi connectivity index (χ1n) is 10.8. The van der Waals surface area contributed by atoms with E-state index in [1.54, 1.807) is 20.2 Å². The second-order valence-corrected chi connectivity index (χ2v) is 8.54. The largest absolute Gasteiger partial charge is 0.494 e. The molecule has 0 saturated heterocycles. The molecule has 33 heavy (non-hydrogen) atoms. The molecule has 6 nitrogen and oxygen atoms in total. The van der Waals surface area contributed by atoms with Crippen LogP contribution in [0, 0.1) is 0 Å². The summed E-state index contributed by atoms with van der Waals surface area (Å²) < 4.78 is 0. The molecule has 0 aliphatic rings. The molecule has 0 spiro atoms. The fourth-order valence-electron chi connectivity index (χ4n) is 3.84. The highest BCUT2D eigenvalue weighted by molar-refractivity contribution is 6.22. The number of nitrogens with one attached hydrogen (secondary N) is 1. The lowest BCUT2D eigenvalue weighted by atomic mass is 9.99. The number of hydrogen-bond acceptors (Lipinski definition) is 4. The smallest absolute Gasteiger partial charge is 0.253 e. The van der Waals surface area contributed by atoms with E-state index in [0.29, 0.717) is 16.8 Å². The number of aromatic hydroxyl groups is 1. The Morgan fingerprint density at radius 3 is 2.24 bits per heavy atom. The minimum absolute atomic E-state index is 0.0197. The van der Waals surface area contributed by atoms with Gasteiger partial charge in [0, 0.05) is 42.7 Å². The number of benzene rings is 3. The molecule has 2 N–H and O–H groups in total. The molecule has 0 atom stereocenters. The number of H-pyrrole nitrogens is 1. The van der Waals surface area contributed by atoms with E-state index < -0.39 is 0 Å². The summed E-state index contributed by atoms with van der Waals surface area (Å²) in [4.78, 5) is 24.2. The lowest BCUT2D eigenvalue weighted by molar-refractivity contribution is 0.0828. The van der Waals surface area contributed by atoms with Crippen molar-refractivity contribution in [2.75, 3.05) is 28.2 Å². The van der Waals surface area contributed by atoms with Crippen LogP contribution in [0.5, 0.6) is 5.88 Å². The maximum atomic E-state index is 12.6. The van der Waals surface area contributed by atoms with Crippen LogP contribution in [-0.2, 0) is 6.54 Å². The number of aliphatic imine (C=N–C) groups is 1. The quantitative estimate of drug-likeness (QED) is 0.423. The average Bonchev–Trinajstić information content (AvgIpc) is 3.13. The number of hydrogen-bond donors (Lipinski definition) is 2. The maximum Gasteiger partial charge on any atom is 0.253 e. The van der Waals surface area contributed by atoms with Crippen LogP contribution in [0.1, 0.15) is 27.0 Å². The van der Waals surface area contributed by atoms with Gasteiger partial charge in [0.15, 0.2) is 5.88 Å². The second kappa shape index (κ2) is 9.30. The van der Waals surface area contributed by atoms with Gasteiger partial charge in [-0.15, -0.1) is 0 Å². The molecule has 0 saturated carbocycles. The number of aromatic nitrogens is 1. The molecule has 168 valence electrons. The Morgan fingerprint density at radius 2 is 1.61 bits per heavy atom. The van der Waals surface area contributed by atoms with Gasteiger partial charge in [-0.3, -0.25) is 4.79 Å². The van der Waals surface area contributed by atoms with Gasteiger partial charge >= 0.3 is 0 Å². The number of amides is 1. The van der Waals surface area contributed by atoms with E-state index in [4.69, 9.17) is 4.99 Å². The minimum Gasteiger partial charge on any atom is -0.494 e. The summed E-state index contributed by atoms with van der Waals surface area (Å²) in [6.07, 6.45) is 0. The van der Waals surface area contributed by atoms with Crippen LogP contribution in [0.4, 0.5) is 5.69 Å². The fraction of sp³-hybridized carbons (Fsp3) is 0.185. The number of carbonyl (C=O) groups is 1. The van der Waals surface area contributed by atoms with E-state index in [-0.39, 0.29) is 11.8 Å². The molecule has 1 aromatic heterocycles. The van der Waals surface area contributed by atoms with Crippen LogP contribution >= 0.6 is 0 Å². The van der Waals surface area contributed by atoms with E-state index in [2.05, 4.69) is 22.0 Å².